The minimum Gasteiger partial charge on any atom is -0.494 e. The molecule has 3 rings (SSSR count). The molecule has 2 aromatic rings. The summed E-state index contributed by atoms with van der Waals surface area (Å²) in [6.07, 6.45) is 7.65. The molecule has 1 aliphatic rings. The molecule has 0 saturated heterocycles. The highest BCUT2D eigenvalue weighted by Gasteiger charge is 2.05. The molecule has 0 saturated carbocycles. The maximum absolute atomic E-state index is 5.32. The van der Waals surface area contributed by atoms with Crippen LogP contribution in [-0.4, -0.2) is 17.1 Å². The maximum atomic E-state index is 5.32. The van der Waals surface area contributed by atoms with E-state index >= 15 is 0 Å². The molecule has 0 unspecified atom stereocenters. The van der Waals surface area contributed by atoms with Crippen molar-refractivity contribution in [3.63, 3.8) is 0 Å². The van der Waals surface area contributed by atoms with E-state index in [0.29, 0.717) is 0 Å². The van der Waals surface area contributed by atoms with E-state index < -0.39 is 0 Å². The van der Waals surface area contributed by atoms with Gasteiger partial charge >= 0.3 is 0 Å². The van der Waals surface area contributed by atoms with E-state index in [0.717, 1.165) is 40.3 Å². The number of hydrogen-bond donors (Lipinski definition) is 0. The first kappa shape index (κ1) is 10.3. The lowest BCUT2D eigenvalue weighted by atomic mass is 10.2. The van der Waals surface area contributed by atoms with Gasteiger partial charge in [-0.3, -0.25) is 0 Å². The van der Waals surface area contributed by atoms with Gasteiger partial charge < -0.3 is 4.74 Å². The second-order valence-corrected chi connectivity index (χ2v) is 4.16. The molecule has 3 heteroatoms. The summed E-state index contributed by atoms with van der Waals surface area (Å²) < 4.78 is 5.32. The topological polar surface area (TPSA) is 35.0 Å². The van der Waals surface area contributed by atoms with Crippen LogP contribution in [0.4, 0.5) is 0 Å². The van der Waals surface area contributed by atoms with Gasteiger partial charge in [-0.15, -0.1) is 0 Å². The lowest BCUT2D eigenvalue weighted by Gasteiger charge is -2.03. The van der Waals surface area contributed by atoms with Crippen LogP contribution in [0.25, 0.3) is 23.2 Å². The predicted molar refractivity (Wildman–Crippen MR) is 68.1 cm³/mol. The third kappa shape index (κ3) is 1.78. The standard InChI is InChI=1S/C14H14N2O/c1-17-13-9-5-8-12-14(13)16-11-7-4-2-3-6-10(11)15-12/h5-9H,2-4H2,1H3. The molecule has 3 nitrogen and oxygen atoms in total. The highest BCUT2D eigenvalue weighted by molar-refractivity contribution is 5.80. The van der Waals surface area contributed by atoms with Gasteiger partial charge in [-0.05, 0) is 31.4 Å². The molecule has 0 amide bonds. The predicted octanol–water partition coefficient (Wildman–Crippen LogP) is 1.38. The summed E-state index contributed by atoms with van der Waals surface area (Å²) in [5.41, 5.74) is 1.75. The van der Waals surface area contributed by atoms with Crippen LogP contribution < -0.4 is 15.4 Å². The van der Waals surface area contributed by atoms with Crippen LogP contribution in [0.15, 0.2) is 18.2 Å². The minimum atomic E-state index is 0.787. The quantitative estimate of drug-likeness (QED) is 0.737. The molecule has 86 valence electrons. The lowest BCUT2D eigenvalue weighted by molar-refractivity contribution is 0.418. The number of fused-ring (bicyclic) bond motifs is 2. The molecule has 1 heterocycles. The zero-order chi connectivity index (χ0) is 11.7. The van der Waals surface area contributed by atoms with Crippen molar-refractivity contribution < 1.29 is 4.74 Å². The number of benzene rings is 1. The zero-order valence-corrected chi connectivity index (χ0v) is 9.81. The van der Waals surface area contributed by atoms with Crippen LogP contribution in [0.1, 0.15) is 19.3 Å². The third-order valence-electron chi connectivity index (χ3n) is 3.02. The molecular formula is C14H14N2O. The minimum absolute atomic E-state index is 0.787. The Labute approximate surface area is 99.5 Å². The number of rotatable bonds is 1. The number of methoxy groups -OCH3 is 1. The van der Waals surface area contributed by atoms with Crippen molar-refractivity contribution in [1.29, 1.82) is 0 Å². The molecule has 1 aromatic heterocycles. The van der Waals surface area contributed by atoms with Gasteiger partial charge in [0.15, 0.2) is 0 Å². The average molecular weight is 226 g/mol. The number of ether oxygens (including phenoxy) is 1. The molecule has 17 heavy (non-hydrogen) atoms. The Morgan fingerprint density at radius 1 is 1.06 bits per heavy atom. The fourth-order valence-corrected chi connectivity index (χ4v) is 2.14. The van der Waals surface area contributed by atoms with Gasteiger partial charge in [0, 0.05) is 0 Å². The van der Waals surface area contributed by atoms with Crippen molar-refractivity contribution in [2.24, 2.45) is 0 Å². The van der Waals surface area contributed by atoms with E-state index in [1.165, 1.54) is 6.42 Å². The summed E-state index contributed by atoms with van der Waals surface area (Å²) in [6.45, 7) is 0. The Hall–Kier alpha value is -1.90. The first-order valence-electron chi connectivity index (χ1n) is 5.89. The van der Waals surface area contributed by atoms with Crippen molar-refractivity contribution in [3.05, 3.63) is 28.9 Å². The Morgan fingerprint density at radius 3 is 2.59 bits per heavy atom. The van der Waals surface area contributed by atoms with Crippen molar-refractivity contribution in [2.45, 2.75) is 19.3 Å². The summed E-state index contributed by atoms with van der Waals surface area (Å²) in [7, 11) is 1.66. The molecule has 1 aliphatic carbocycles. The molecule has 0 N–H and O–H groups in total. The molecular weight excluding hydrogens is 212 g/mol. The highest BCUT2D eigenvalue weighted by Crippen LogP contribution is 2.19. The van der Waals surface area contributed by atoms with E-state index in [-0.39, 0.29) is 0 Å². The lowest BCUT2D eigenvalue weighted by Crippen LogP contribution is -2.30. The number of hydrogen-bond acceptors (Lipinski definition) is 3. The van der Waals surface area contributed by atoms with E-state index in [4.69, 9.17) is 4.74 Å². The number of nitrogens with zero attached hydrogens (tertiary/aromatic N) is 2. The summed E-state index contributed by atoms with van der Waals surface area (Å²) in [6, 6.07) is 5.84. The Kier molecular flexibility index (Phi) is 2.52. The second kappa shape index (κ2) is 4.17. The molecule has 0 spiro atoms. The van der Waals surface area contributed by atoms with Gasteiger partial charge in [-0.25, -0.2) is 9.97 Å². The first-order chi connectivity index (χ1) is 8.38. The van der Waals surface area contributed by atoms with Crippen molar-refractivity contribution >= 4 is 23.2 Å². The summed E-state index contributed by atoms with van der Waals surface area (Å²) in [4.78, 5) is 9.33. The van der Waals surface area contributed by atoms with Gasteiger partial charge in [-0.1, -0.05) is 18.2 Å². The zero-order valence-electron chi connectivity index (χ0n) is 9.81. The van der Waals surface area contributed by atoms with Crippen LogP contribution >= 0.6 is 0 Å². The SMILES string of the molecule is COc1cccc2nc3c(nc12)=CCCCC=3. The second-order valence-electron chi connectivity index (χ2n) is 4.16. The van der Waals surface area contributed by atoms with Crippen molar-refractivity contribution in [3.8, 4) is 5.75 Å². The van der Waals surface area contributed by atoms with Crippen LogP contribution in [0.3, 0.4) is 0 Å². The molecule has 0 radical (unpaired) electrons. The van der Waals surface area contributed by atoms with E-state index in [9.17, 15) is 0 Å². The third-order valence-corrected chi connectivity index (χ3v) is 3.02. The van der Waals surface area contributed by atoms with E-state index in [1.54, 1.807) is 7.11 Å². The summed E-state index contributed by atoms with van der Waals surface area (Å²) in [5.74, 6) is 0.787. The van der Waals surface area contributed by atoms with Crippen LogP contribution in [0.2, 0.25) is 0 Å². The Bertz CT molecular complexity index is 676. The molecule has 0 fully saturated rings. The summed E-state index contributed by atoms with van der Waals surface area (Å²) in [5, 5.41) is 1.99. The highest BCUT2D eigenvalue weighted by atomic mass is 16.5. The molecule has 0 aliphatic heterocycles. The van der Waals surface area contributed by atoms with Gasteiger partial charge in [0.2, 0.25) is 0 Å². The average Bonchev–Trinajstić information content (AvgIpc) is 2.60. The van der Waals surface area contributed by atoms with Gasteiger partial charge in [0.05, 0.1) is 23.3 Å². The van der Waals surface area contributed by atoms with Gasteiger partial charge in [0.1, 0.15) is 11.3 Å². The van der Waals surface area contributed by atoms with Gasteiger partial charge in [0.25, 0.3) is 0 Å². The summed E-state index contributed by atoms with van der Waals surface area (Å²) >= 11 is 0. The van der Waals surface area contributed by atoms with Crippen LogP contribution in [0, 0.1) is 0 Å². The first-order valence-corrected chi connectivity index (χ1v) is 5.89. The van der Waals surface area contributed by atoms with Crippen molar-refractivity contribution in [1.82, 2.24) is 9.97 Å². The molecule has 0 bridgehead atoms. The van der Waals surface area contributed by atoms with E-state index in [2.05, 4.69) is 22.1 Å². The fraction of sp³-hybridized carbons (Fsp3) is 0.286. The van der Waals surface area contributed by atoms with Crippen molar-refractivity contribution in [2.75, 3.05) is 7.11 Å². The van der Waals surface area contributed by atoms with E-state index in [1.807, 2.05) is 18.2 Å². The molecule has 1 aromatic carbocycles. The fourth-order valence-electron chi connectivity index (χ4n) is 2.14. The Morgan fingerprint density at radius 2 is 1.82 bits per heavy atom. The number of aromatic nitrogens is 2. The largest absolute Gasteiger partial charge is 0.494 e. The maximum Gasteiger partial charge on any atom is 0.146 e. The number of para-hydroxylation sites is 1. The van der Waals surface area contributed by atoms with Gasteiger partial charge in [-0.2, -0.15) is 0 Å². The molecule has 0 atom stereocenters. The monoisotopic (exact) mass is 226 g/mol. The Balaban J connectivity index is 2.42. The van der Waals surface area contributed by atoms with Crippen LogP contribution in [-0.2, 0) is 0 Å². The van der Waals surface area contributed by atoms with Crippen LogP contribution in [0.5, 0.6) is 5.75 Å². The smallest absolute Gasteiger partial charge is 0.146 e. The normalized spacial score (nSPS) is 14.4.